The molecule has 4 aromatic heterocycles. The highest BCUT2D eigenvalue weighted by Gasteiger charge is 2.25. The van der Waals surface area contributed by atoms with E-state index in [1.807, 2.05) is 6.07 Å². The molecule has 11 heteroatoms. The highest BCUT2D eigenvalue weighted by Crippen LogP contribution is 2.32. The van der Waals surface area contributed by atoms with Crippen LogP contribution in [0, 0.1) is 0 Å². The number of aliphatic hydroxyl groups excluding tert-OH is 1. The molecule has 2 N–H and O–H groups in total. The van der Waals surface area contributed by atoms with Crippen LogP contribution in [0.2, 0.25) is 0 Å². The summed E-state index contributed by atoms with van der Waals surface area (Å²) in [7, 11) is 0. The molecule has 1 aliphatic carbocycles. The molecule has 0 unspecified atom stereocenters. The molecular weight excluding hydrogens is 450 g/mol. The van der Waals surface area contributed by atoms with Gasteiger partial charge in [-0.05, 0) is 42.9 Å². The predicted molar refractivity (Wildman–Crippen MR) is 125 cm³/mol. The zero-order valence-corrected chi connectivity index (χ0v) is 19.9. The molecule has 4 heterocycles. The van der Waals surface area contributed by atoms with Crippen molar-refractivity contribution in [2.24, 2.45) is 0 Å². The van der Waals surface area contributed by atoms with E-state index in [2.05, 4.69) is 51.5 Å². The van der Waals surface area contributed by atoms with E-state index in [1.54, 1.807) is 24.4 Å². The molecule has 0 saturated heterocycles. The maximum atomic E-state index is 12.3. The summed E-state index contributed by atoms with van der Waals surface area (Å²) in [6, 6.07) is 7.27. The molecule has 0 aromatic carbocycles. The lowest BCUT2D eigenvalue weighted by Gasteiger charge is -2.26. The second-order valence-corrected chi connectivity index (χ2v) is 9.67. The maximum absolute atomic E-state index is 12.3. The molecule has 35 heavy (non-hydrogen) atoms. The number of hydrogen-bond acceptors (Lipinski definition) is 9. The first kappa shape index (κ1) is 22.9. The quantitative estimate of drug-likeness (QED) is 0.411. The normalized spacial score (nSPS) is 14.2. The van der Waals surface area contributed by atoms with Crippen molar-refractivity contribution >= 4 is 11.6 Å². The molecule has 5 rings (SSSR count). The fraction of sp³-hybridized carbons (Fsp3) is 0.417. The summed E-state index contributed by atoms with van der Waals surface area (Å²) in [5.41, 5.74) is 2.72. The number of aromatic nitrogens is 6. The van der Waals surface area contributed by atoms with Crippen molar-refractivity contribution in [2.45, 2.75) is 64.7 Å². The Labute approximate surface area is 201 Å². The van der Waals surface area contributed by atoms with Gasteiger partial charge >= 0.3 is 0 Å². The number of ether oxygens (including phenoxy) is 1. The highest BCUT2D eigenvalue weighted by molar-refractivity contribution is 5.94. The van der Waals surface area contributed by atoms with Crippen LogP contribution in [-0.4, -0.2) is 47.0 Å². The van der Waals surface area contributed by atoms with Crippen molar-refractivity contribution in [3.8, 4) is 17.4 Å². The summed E-state index contributed by atoms with van der Waals surface area (Å²) in [6.45, 7) is 6.08. The molecule has 0 radical (unpaired) electrons. The Morgan fingerprint density at radius 3 is 2.71 bits per heavy atom. The Morgan fingerprint density at radius 1 is 1.26 bits per heavy atom. The van der Waals surface area contributed by atoms with E-state index in [4.69, 9.17) is 9.26 Å². The molecule has 1 saturated carbocycles. The van der Waals surface area contributed by atoms with Crippen LogP contribution < -0.4 is 10.1 Å². The van der Waals surface area contributed by atoms with Gasteiger partial charge in [-0.25, -0.2) is 0 Å². The van der Waals surface area contributed by atoms with Crippen LogP contribution in [-0.2, 0) is 18.6 Å². The van der Waals surface area contributed by atoms with Crippen LogP contribution in [0.5, 0.6) is 5.88 Å². The molecular formula is C24H27N7O4. The second kappa shape index (κ2) is 9.06. The van der Waals surface area contributed by atoms with Gasteiger partial charge in [-0.3, -0.25) is 9.78 Å². The summed E-state index contributed by atoms with van der Waals surface area (Å²) in [6.07, 6.45) is 4.79. The first-order valence-corrected chi connectivity index (χ1v) is 11.5. The monoisotopic (exact) mass is 477 g/mol. The van der Waals surface area contributed by atoms with E-state index in [-0.39, 0.29) is 30.6 Å². The summed E-state index contributed by atoms with van der Waals surface area (Å²) >= 11 is 0. The minimum Gasteiger partial charge on any atom is -0.470 e. The van der Waals surface area contributed by atoms with Crippen molar-refractivity contribution in [3.63, 3.8) is 0 Å². The molecule has 1 aliphatic rings. The van der Waals surface area contributed by atoms with Crippen LogP contribution in [0.15, 0.2) is 35.0 Å². The van der Waals surface area contributed by atoms with Gasteiger partial charge in [0.1, 0.15) is 13.2 Å². The highest BCUT2D eigenvalue weighted by atomic mass is 16.5. The van der Waals surface area contributed by atoms with Gasteiger partial charge in [0.25, 0.3) is 5.91 Å². The Balaban J connectivity index is 1.39. The molecule has 1 fully saturated rings. The Hall–Kier alpha value is -3.86. The molecule has 0 atom stereocenters. The van der Waals surface area contributed by atoms with E-state index in [1.165, 1.54) is 4.52 Å². The van der Waals surface area contributed by atoms with Crippen LogP contribution >= 0.6 is 0 Å². The number of rotatable bonds is 7. The SMILES string of the molecule is CC(C)(C)c1cc2nnc(-c3cc(CO)on3)n2nc1OCc1ccc(C(=O)NC2CCC2)cn1. The van der Waals surface area contributed by atoms with Gasteiger partial charge < -0.3 is 19.7 Å². The topological polar surface area (TPSA) is 141 Å². The average molecular weight is 478 g/mol. The van der Waals surface area contributed by atoms with E-state index in [0.29, 0.717) is 40.1 Å². The fourth-order valence-electron chi connectivity index (χ4n) is 3.72. The van der Waals surface area contributed by atoms with Crippen molar-refractivity contribution in [3.05, 3.63) is 53.0 Å². The van der Waals surface area contributed by atoms with Crippen molar-refractivity contribution in [1.82, 2.24) is 35.3 Å². The Morgan fingerprint density at radius 2 is 2.09 bits per heavy atom. The van der Waals surface area contributed by atoms with Gasteiger partial charge in [-0.1, -0.05) is 25.9 Å². The van der Waals surface area contributed by atoms with Gasteiger partial charge in [0, 0.05) is 23.9 Å². The third kappa shape index (κ3) is 4.72. The van der Waals surface area contributed by atoms with Gasteiger partial charge in [0.15, 0.2) is 17.1 Å². The van der Waals surface area contributed by atoms with Gasteiger partial charge in [0.2, 0.25) is 11.7 Å². The number of nitrogens with zero attached hydrogens (tertiary/aromatic N) is 6. The number of pyridine rings is 1. The van der Waals surface area contributed by atoms with E-state index >= 15 is 0 Å². The Bertz CT molecular complexity index is 1350. The number of hydrogen-bond donors (Lipinski definition) is 2. The lowest BCUT2D eigenvalue weighted by atomic mass is 9.88. The molecule has 0 spiro atoms. The van der Waals surface area contributed by atoms with Gasteiger partial charge in [0.05, 0.1) is 11.3 Å². The van der Waals surface area contributed by atoms with Crippen LogP contribution in [0.4, 0.5) is 0 Å². The molecule has 0 aliphatic heterocycles. The van der Waals surface area contributed by atoms with Crippen LogP contribution in [0.3, 0.4) is 0 Å². The first-order chi connectivity index (χ1) is 16.8. The zero-order chi connectivity index (χ0) is 24.6. The minimum atomic E-state index is -0.273. The summed E-state index contributed by atoms with van der Waals surface area (Å²) in [5.74, 6) is 0.990. The largest absolute Gasteiger partial charge is 0.470 e. The maximum Gasteiger partial charge on any atom is 0.253 e. The fourth-order valence-corrected chi connectivity index (χ4v) is 3.72. The minimum absolute atomic E-state index is 0.103. The van der Waals surface area contributed by atoms with Gasteiger partial charge in [-0.2, -0.15) is 4.52 Å². The van der Waals surface area contributed by atoms with Crippen molar-refractivity contribution in [1.29, 1.82) is 0 Å². The summed E-state index contributed by atoms with van der Waals surface area (Å²) in [4.78, 5) is 16.7. The molecule has 182 valence electrons. The Kier molecular flexibility index (Phi) is 5.93. The zero-order valence-electron chi connectivity index (χ0n) is 19.9. The standard InChI is InChI=1S/C24H27N7O4/c1-24(2,3)18-10-20-27-28-21(19-9-17(12-32)35-30-19)31(20)29-23(18)34-13-16-8-7-14(11-25-16)22(33)26-15-5-4-6-15/h7-11,15,32H,4-6,12-13H2,1-3H3,(H,26,33). The second-order valence-electron chi connectivity index (χ2n) is 9.67. The summed E-state index contributed by atoms with van der Waals surface area (Å²) < 4.78 is 12.7. The van der Waals surface area contributed by atoms with Crippen LogP contribution in [0.1, 0.15) is 67.4 Å². The predicted octanol–water partition coefficient (Wildman–Crippen LogP) is 2.83. The average Bonchev–Trinajstić information content (AvgIpc) is 3.45. The lowest BCUT2D eigenvalue weighted by molar-refractivity contribution is 0.0916. The number of amides is 1. The number of fused-ring (bicyclic) bond motifs is 1. The summed E-state index contributed by atoms with van der Waals surface area (Å²) in [5, 5.41) is 29.3. The van der Waals surface area contributed by atoms with Crippen molar-refractivity contribution < 1.29 is 19.2 Å². The smallest absolute Gasteiger partial charge is 0.253 e. The van der Waals surface area contributed by atoms with Gasteiger partial charge in [-0.15, -0.1) is 15.3 Å². The number of aliphatic hydroxyl groups is 1. The van der Waals surface area contributed by atoms with Crippen LogP contribution in [0.25, 0.3) is 17.2 Å². The molecule has 11 nitrogen and oxygen atoms in total. The third-order valence-electron chi connectivity index (χ3n) is 6.00. The van der Waals surface area contributed by atoms with E-state index < -0.39 is 0 Å². The molecule has 4 aromatic rings. The van der Waals surface area contributed by atoms with E-state index in [9.17, 15) is 9.90 Å². The molecule has 1 amide bonds. The van der Waals surface area contributed by atoms with E-state index in [0.717, 1.165) is 24.8 Å². The molecule has 0 bridgehead atoms. The number of carbonyl (C=O) groups excluding carboxylic acids is 1. The first-order valence-electron chi connectivity index (χ1n) is 11.5. The lowest BCUT2D eigenvalue weighted by Crippen LogP contribution is -2.39. The third-order valence-corrected chi connectivity index (χ3v) is 6.00. The van der Waals surface area contributed by atoms with Crippen molar-refractivity contribution in [2.75, 3.05) is 0 Å². The number of nitrogens with one attached hydrogen (secondary N) is 1. The number of carbonyl (C=O) groups is 1.